The van der Waals surface area contributed by atoms with Gasteiger partial charge in [-0.25, -0.2) is 0 Å². The van der Waals surface area contributed by atoms with Crippen LogP contribution in [0.5, 0.6) is 0 Å². The van der Waals surface area contributed by atoms with E-state index < -0.39 is 0 Å². The molecule has 0 heterocycles. The fourth-order valence-corrected chi connectivity index (χ4v) is 2.90. The number of fused-ring (bicyclic) bond motifs is 1. The Balaban J connectivity index is 1.92. The number of rotatable bonds is 3. The van der Waals surface area contributed by atoms with Crippen molar-refractivity contribution in [2.45, 2.75) is 25.3 Å². The molecule has 0 saturated heterocycles. The predicted molar refractivity (Wildman–Crippen MR) is 74.1 cm³/mol. The maximum Gasteiger partial charge on any atom is 0.0531 e. The van der Waals surface area contributed by atoms with E-state index in [0.29, 0.717) is 5.92 Å². The molecule has 2 aromatic carbocycles. The van der Waals surface area contributed by atoms with Gasteiger partial charge < -0.3 is 0 Å². The fourth-order valence-electron chi connectivity index (χ4n) is 2.90. The lowest BCUT2D eigenvalue weighted by molar-refractivity contribution is 0.419. The van der Waals surface area contributed by atoms with Gasteiger partial charge in [-0.1, -0.05) is 54.1 Å². The Labute approximate surface area is 108 Å². The van der Waals surface area contributed by atoms with Crippen molar-refractivity contribution in [3.05, 3.63) is 70.8 Å². The molecule has 0 amide bonds. The molecule has 2 aromatic rings. The molecule has 3 N–H and O–H groups in total. The summed E-state index contributed by atoms with van der Waals surface area (Å²) in [4.78, 5) is 0. The highest BCUT2D eigenvalue weighted by Crippen LogP contribution is 2.43. The van der Waals surface area contributed by atoms with Crippen LogP contribution in [0.25, 0.3) is 0 Å². The number of benzene rings is 2. The van der Waals surface area contributed by atoms with Crippen LogP contribution in [-0.4, -0.2) is 0 Å². The molecule has 0 aromatic heterocycles. The number of aryl methyl sites for hydroxylation is 1. The summed E-state index contributed by atoms with van der Waals surface area (Å²) in [7, 11) is 0. The van der Waals surface area contributed by atoms with Gasteiger partial charge in [0.05, 0.1) is 6.04 Å². The van der Waals surface area contributed by atoms with Crippen molar-refractivity contribution in [1.82, 2.24) is 5.43 Å². The third kappa shape index (κ3) is 1.84. The smallest absolute Gasteiger partial charge is 0.0531 e. The van der Waals surface area contributed by atoms with Crippen LogP contribution < -0.4 is 11.3 Å². The highest BCUT2D eigenvalue weighted by Gasteiger charge is 2.32. The van der Waals surface area contributed by atoms with E-state index in [1.807, 2.05) is 0 Å². The summed E-state index contributed by atoms with van der Waals surface area (Å²) in [6, 6.07) is 17.4. The molecule has 0 saturated carbocycles. The van der Waals surface area contributed by atoms with Gasteiger partial charge in [-0.2, -0.15) is 0 Å². The first-order valence-corrected chi connectivity index (χ1v) is 6.40. The number of hydrogen-bond donors (Lipinski definition) is 2. The Morgan fingerprint density at radius 2 is 2.00 bits per heavy atom. The van der Waals surface area contributed by atoms with Crippen molar-refractivity contribution in [1.29, 1.82) is 0 Å². The van der Waals surface area contributed by atoms with E-state index in [0.717, 1.165) is 6.42 Å². The maximum atomic E-state index is 5.77. The highest BCUT2D eigenvalue weighted by molar-refractivity contribution is 5.43. The van der Waals surface area contributed by atoms with Gasteiger partial charge in [0.15, 0.2) is 0 Å². The molecule has 2 nitrogen and oxygen atoms in total. The maximum absolute atomic E-state index is 5.77. The van der Waals surface area contributed by atoms with Gasteiger partial charge in [0.2, 0.25) is 0 Å². The van der Waals surface area contributed by atoms with E-state index in [2.05, 4.69) is 60.9 Å². The van der Waals surface area contributed by atoms with Crippen molar-refractivity contribution >= 4 is 0 Å². The zero-order valence-corrected chi connectivity index (χ0v) is 10.6. The lowest BCUT2D eigenvalue weighted by Gasteiger charge is -2.36. The molecule has 2 unspecified atom stereocenters. The zero-order valence-electron chi connectivity index (χ0n) is 10.6. The predicted octanol–water partition coefficient (Wildman–Crippen LogP) is 2.84. The lowest BCUT2D eigenvalue weighted by Crippen LogP contribution is -2.37. The monoisotopic (exact) mass is 238 g/mol. The molecule has 0 radical (unpaired) electrons. The van der Waals surface area contributed by atoms with Crippen molar-refractivity contribution in [3.8, 4) is 0 Å². The van der Waals surface area contributed by atoms with Crippen LogP contribution in [0.3, 0.4) is 0 Å². The summed E-state index contributed by atoms with van der Waals surface area (Å²) < 4.78 is 0. The second kappa shape index (κ2) is 4.56. The molecule has 18 heavy (non-hydrogen) atoms. The molecule has 3 rings (SSSR count). The number of hydrazine groups is 1. The van der Waals surface area contributed by atoms with Crippen LogP contribution in [0, 0.1) is 6.92 Å². The Bertz CT molecular complexity index is 563. The van der Waals surface area contributed by atoms with Crippen molar-refractivity contribution in [2.75, 3.05) is 0 Å². The summed E-state index contributed by atoms with van der Waals surface area (Å²) in [6.45, 7) is 2.12. The normalized spacial score (nSPS) is 18.9. The Kier molecular flexibility index (Phi) is 2.90. The van der Waals surface area contributed by atoms with Crippen LogP contribution in [0.15, 0.2) is 48.5 Å². The summed E-state index contributed by atoms with van der Waals surface area (Å²) in [6.07, 6.45) is 1.11. The lowest BCUT2D eigenvalue weighted by atomic mass is 9.72. The molecule has 1 aliphatic rings. The van der Waals surface area contributed by atoms with E-state index in [1.165, 1.54) is 22.3 Å². The molecular formula is C16H18N2. The minimum atomic E-state index is 0.208. The topological polar surface area (TPSA) is 38.0 Å². The van der Waals surface area contributed by atoms with E-state index in [9.17, 15) is 0 Å². The summed E-state index contributed by atoms with van der Waals surface area (Å²) in [5.41, 5.74) is 8.43. The van der Waals surface area contributed by atoms with Gasteiger partial charge in [-0.15, -0.1) is 0 Å². The first kappa shape index (κ1) is 11.5. The Hall–Kier alpha value is -1.64. The molecule has 0 bridgehead atoms. The standard InChI is InChI=1S/C16H18N2/c1-11-5-4-7-13(9-11)16(18-17)15-10-12-6-2-3-8-14(12)15/h2-9,15-16,18H,10,17H2,1H3. The van der Waals surface area contributed by atoms with E-state index in [4.69, 9.17) is 5.84 Å². The van der Waals surface area contributed by atoms with Crippen LogP contribution in [0.2, 0.25) is 0 Å². The van der Waals surface area contributed by atoms with E-state index in [1.54, 1.807) is 0 Å². The molecule has 92 valence electrons. The minimum absolute atomic E-state index is 0.208. The van der Waals surface area contributed by atoms with Gasteiger partial charge in [-0.05, 0) is 30.0 Å². The van der Waals surface area contributed by atoms with Crippen LogP contribution >= 0.6 is 0 Å². The van der Waals surface area contributed by atoms with Gasteiger partial charge in [0.25, 0.3) is 0 Å². The molecule has 2 heteroatoms. The van der Waals surface area contributed by atoms with Gasteiger partial charge in [0, 0.05) is 5.92 Å². The first-order chi connectivity index (χ1) is 8.79. The van der Waals surface area contributed by atoms with Crippen molar-refractivity contribution in [2.24, 2.45) is 5.84 Å². The van der Waals surface area contributed by atoms with Crippen molar-refractivity contribution < 1.29 is 0 Å². The summed E-state index contributed by atoms with van der Waals surface area (Å²) in [5, 5.41) is 0. The van der Waals surface area contributed by atoms with Gasteiger partial charge in [0.1, 0.15) is 0 Å². The number of hydrogen-bond acceptors (Lipinski definition) is 2. The number of nitrogens with one attached hydrogen (secondary N) is 1. The highest BCUT2D eigenvalue weighted by atomic mass is 15.2. The molecular weight excluding hydrogens is 220 g/mol. The van der Waals surface area contributed by atoms with Crippen LogP contribution in [0.4, 0.5) is 0 Å². The van der Waals surface area contributed by atoms with Gasteiger partial charge in [-0.3, -0.25) is 11.3 Å². The molecule has 0 aliphatic heterocycles. The molecule has 1 aliphatic carbocycles. The molecule has 2 atom stereocenters. The quantitative estimate of drug-likeness (QED) is 0.637. The fraction of sp³-hybridized carbons (Fsp3) is 0.250. The second-order valence-corrected chi connectivity index (χ2v) is 5.07. The zero-order chi connectivity index (χ0) is 12.5. The number of nitrogens with two attached hydrogens (primary N) is 1. The minimum Gasteiger partial charge on any atom is -0.271 e. The average molecular weight is 238 g/mol. The third-order valence-corrected chi connectivity index (χ3v) is 3.88. The van der Waals surface area contributed by atoms with Crippen LogP contribution in [0.1, 0.15) is 34.2 Å². The summed E-state index contributed by atoms with van der Waals surface area (Å²) in [5.74, 6) is 6.27. The Morgan fingerprint density at radius 3 is 2.72 bits per heavy atom. The molecule has 0 fully saturated rings. The SMILES string of the molecule is Cc1cccc(C(NN)C2Cc3ccccc32)c1. The van der Waals surface area contributed by atoms with E-state index in [-0.39, 0.29) is 6.04 Å². The summed E-state index contributed by atoms with van der Waals surface area (Å²) >= 11 is 0. The average Bonchev–Trinajstić information content (AvgIpc) is 2.36. The molecule has 0 spiro atoms. The second-order valence-electron chi connectivity index (χ2n) is 5.07. The van der Waals surface area contributed by atoms with E-state index >= 15 is 0 Å². The largest absolute Gasteiger partial charge is 0.271 e. The van der Waals surface area contributed by atoms with Crippen LogP contribution in [-0.2, 0) is 6.42 Å². The van der Waals surface area contributed by atoms with Gasteiger partial charge >= 0.3 is 0 Å². The first-order valence-electron chi connectivity index (χ1n) is 6.40. The van der Waals surface area contributed by atoms with Crippen molar-refractivity contribution in [3.63, 3.8) is 0 Å². The third-order valence-electron chi connectivity index (χ3n) is 3.88. The Morgan fingerprint density at radius 1 is 1.17 bits per heavy atom.